The Morgan fingerprint density at radius 1 is 1.18 bits per heavy atom. The third kappa shape index (κ3) is 3.28. The van der Waals surface area contributed by atoms with Gasteiger partial charge in [0.1, 0.15) is 5.82 Å². The molecule has 0 saturated heterocycles. The van der Waals surface area contributed by atoms with Crippen molar-refractivity contribution in [3.8, 4) is 0 Å². The topological polar surface area (TPSA) is 67.9 Å². The predicted molar refractivity (Wildman–Crippen MR) is 71.0 cm³/mol. The Bertz CT molecular complexity index is 375. The molecule has 0 aliphatic carbocycles. The molecule has 0 aliphatic rings. The van der Waals surface area contributed by atoms with Gasteiger partial charge in [-0.05, 0) is 26.7 Å². The second-order valence-corrected chi connectivity index (χ2v) is 4.88. The van der Waals surface area contributed by atoms with Gasteiger partial charge in [0, 0.05) is 19.0 Å². The van der Waals surface area contributed by atoms with Gasteiger partial charge >= 0.3 is 0 Å². The number of nitrogen functional groups attached to an aromatic ring is 1. The van der Waals surface area contributed by atoms with Crippen LogP contribution in [-0.2, 0) is 6.42 Å². The summed E-state index contributed by atoms with van der Waals surface area (Å²) in [5.41, 5.74) is 5.73. The van der Waals surface area contributed by atoms with Crippen molar-refractivity contribution in [1.82, 2.24) is 15.0 Å². The Labute approximate surface area is 103 Å². The van der Waals surface area contributed by atoms with Crippen molar-refractivity contribution in [1.29, 1.82) is 0 Å². The maximum Gasteiger partial charge on any atom is 0.230 e. The molecule has 0 amide bonds. The fraction of sp³-hybridized carbons (Fsp3) is 0.750. The molecule has 0 bridgehead atoms. The molecular weight excluding hydrogens is 214 g/mol. The second-order valence-electron chi connectivity index (χ2n) is 4.88. The van der Waals surface area contributed by atoms with Crippen LogP contribution < -0.4 is 10.6 Å². The number of nitrogens with two attached hydrogens (primary N) is 1. The Hall–Kier alpha value is -1.39. The van der Waals surface area contributed by atoms with E-state index < -0.39 is 0 Å². The summed E-state index contributed by atoms with van der Waals surface area (Å²) in [6.07, 6.45) is 2.85. The van der Waals surface area contributed by atoms with E-state index in [0.717, 1.165) is 25.1 Å². The summed E-state index contributed by atoms with van der Waals surface area (Å²) < 4.78 is 0. The van der Waals surface area contributed by atoms with Gasteiger partial charge in [-0.15, -0.1) is 0 Å². The molecule has 17 heavy (non-hydrogen) atoms. The summed E-state index contributed by atoms with van der Waals surface area (Å²) in [5, 5.41) is 0. The van der Waals surface area contributed by atoms with E-state index in [1.807, 2.05) is 7.05 Å². The number of rotatable bonds is 5. The lowest BCUT2D eigenvalue weighted by atomic mass is 10.0. The van der Waals surface area contributed by atoms with Crippen LogP contribution in [0.2, 0.25) is 0 Å². The Kier molecular flexibility index (Phi) is 4.26. The number of hydrogen-bond acceptors (Lipinski definition) is 5. The Morgan fingerprint density at radius 3 is 2.35 bits per heavy atom. The molecule has 0 unspecified atom stereocenters. The van der Waals surface area contributed by atoms with Crippen LogP contribution >= 0.6 is 0 Å². The molecule has 1 rings (SSSR count). The van der Waals surface area contributed by atoms with Gasteiger partial charge in [-0.2, -0.15) is 15.0 Å². The molecule has 0 atom stereocenters. The molecule has 0 radical (unpaired) electrons. The summed E-state index contributed by atoms with van der Waals surface area (Å²) >= 11 is 0. The van der Waals surface area contributed by atoms with Gasteiger partial charge in [-0.1, -0.05) is 13.8 Å². The van der Waals surface area contributed by atoms with Crippen molar-refractivity contribution in [3.63, 3.8) is 0 Å². The minimum atomic E-state index is 0.0112. The van der Waals surface area contributed by atoms with Gasteiger partial charge in [-0.3, -0.25) is 0 Å². The van der Waals surface area contributed by atoms with Crippen LogP contribution in [-0.4, -0.2) is 27.5 Å². The molecule has 0 aromatic carbocycles. The minimum Gasteiger partial charge on any atom is -0.368 e. The van der Waals surface area contributed by atoms with E-state index in [-0.39, 0.29) is 5.54 Å². The SMILES string of the molecule is CCCc1nc(N)nc(N(C)C(C)(C)CC)n1. The number of aromatic nitrogens is 3. The van der Waals surface area contributed by atoms with Crippen molar-refractivity contribution in [2.24, 2.45) is 0 Å². The lowest BCUT2D eigenvalue weighted by molar-refractivity contribution is 0.462. The molecule has 1 aromatic rings. The minimum absolute atomic E-state index is 0.0112. The monoisotopic (exact) mass is 237 g/mol. The molecule has 0 fully saturated rings. The first-order valence-electron chi connectivity index (χ1n) is 6.15. The van der Waals surface area contributed by atoms with Gasteiger partial charge in [0.05, 0.1) is 0 Å². The van der Waals surface area contributed by atoms with Crippen LogP contribution in [0, 0.1) is 0 Å². The molecule has 1 aromatic heterocycles. The van der Waals surface area contributed by atoms with Crippen LogP contribution in [0.5, 0.6) is 0 Å². The van der Waals surface area contributed by atoms with E-state index in [4.69, 9.17) is 5.73 Å². The second kappa shape index (κ2) is 5.29. The van der Waals surface area contributed by atoms with Gasteiger partial charge in [0.25, 0.3) is 0 Å². The average Bonchev–Trinajstić information content (AvgIpc) is 2.27. The molecule has 0 saturated carbocycles. The lowest BCUT2D eigenvalue weighted by Gasteiger charge is -2.34. The zero-order valence-corrected chi connectivity index (χ0v) is 11.5. The lowest BCUT2D eigenvalue weighted by Crippen LogP contribution is -2.41. The van der Waals surface area contributed by atoms with Crippen LogP contribution in [0.15, 0.2) is 0 Å². The number of aryl methyl sites for hydroxylation is 1. The highest BCUT2D eigenvalue weighted by Gasteiger charge is 2.24. The average molecular weight is 237 g/mol. The third-order valence-corrected chi connectivity index (χ3v) is 3.23. The summed E-state index contributed by atoms with van der Waals surface area (Å²) in [7, 11) is 1.99. The zero-order chi connectivity index (χ0) is 13.1. The fourth-order valence-electron chi connectivity index (χ4n) is 1.42. The molecular formula is C12H23N5. The molecule has 0 spiro atoms. The fourth-order valence-corrected chi connectivity index (χ4v) is 1.42. The highest BCUT2D eigenvalue weighted by atomic mass is 15.3. The standard InChI is InChI=1S/C12H23N5/c1-6-8-9-14-10(13)16-11(15-9)17(5)12(3,4)7-2/h6-8H2,1-5H3,(H2,13,14,15,16). The highest BCUT2D eigenvalue weighted by molar-refractivity contribution is 5.36. The zero-order valence-electron chi connectivity index (χ0n) is 11.5. The highest BCUT2D eigenvalue weighted by Crippen LogP contribution is 2.21. The molecule has 5 nitrogen and oxygen atoms in total. The van der Waals surface area contributed by atoms with E-state index in [1.54, 1.807) is 0 Å². The Morgan fingerprint density at radius 2 is 1.82 bits per heavy atom. The summed E-state index contributed by atoms with van der Waals surface area (Å²) in [5.74, 6) is 1.73. The smallest absolute Gasteiger partial charge is 0.230 e. The summed E-state index contributed by atoms with van der Waals surface area (Å²) in [6, 6.07) is 0. The van der Waals surface area contributed by atoms with Gasteiger partial charge in [0.15, 0.2) is 0 Å². The van der Waals surface area contributed by atoms with Crippen LogP contribution in [0.1, 0.15) is 46.4 Å². The first-order chi connectivity index (χ1) is 7.90. The number of anilines is 2. The summed E-state index contributed by atoms with van der Waals surface area (Å²) in [4.78, 5) is 14.9. The third-order valence-electron chi connectivity index (χ3n) is 3.23. The first-order valence-corrected chi connectivity index (χ1v) is 6.15. The van der Waals surface area contributed by atoms with Gasteiger partial charge in [-0.25, -0.2) is 0 Å². The maximum atomic E-state index is 5.72. The van der Waals surface area contributed by atoms with Gasteiger partial charge < -0.3 is 10.6 Å². The molecule has 0 aliphatic heterocycles. The van der Waals surface area contributed by atoms with Crippen LogP contribution in [0.4, 0.5) is 11.9 Å². The Balaban J connectivity index is 3.05. The molecule has 5 heteroatoms. The first kappa shape index (κ1) is 13.7. The van der Waals surface area contributed by atoms with E-state index in [2.05, 4.69) is 47.5 Å². The predicted octanol–water partition coefficient (Wildman–Crippen LogP) is 2.03. The quantitative estimate of drug-likeness (QED) is 0.848. The van der Waals surface area contributed by atoms with E-state index in [0.29, 0.717) is 11.9 Å². The number of nitrogens with zero attached hydrogens (tertiary/aromatic N) is 4. The molecule has 2 N–H and O–H groups in total. The van der Waals surface area contributed by atoms with E-state index in [9.17, 15) is 0 Å². The van der Waals surface area contributed by atoms with Crippen molar-refractivity contribution >= 4 is 11.9 Å². The van der Waals surface area contributed by atoms with Crippen molar-refractivity contribution in [2.45, 2.75) is 52.5 Å². The molecule has 1 heterocycles. The number of hydrogen-bond donors (Lipinski definition) is 1. The van der Waals surface area contributed by atoms with Crippen molar-refractivity contribution in [2.75, 3.05) is 17.7 Å². The normalized spacial score (nSPS) is 11.6. The van der Waals surface area contributed by atoms with Crippen molar-refractivity contribution < 1.29 is 0 Å². The van der Waals surface area contributed by atoms with Crippen LogP contribution in [0.25, 0.3) is 0 Å². The van der Waals surface area contributed by atoms with Crippen molar-refractivity contribution in [3.05, 3.63) is 5.82 Å². The van der Waals surface area contributed by atoms with E-state index >= 15 is 0 Å². The summed E-state index contributed by atoms with van der Waals surface area (Å²) in [6.45, 7) is 8.56. The van der Waals surface area contributed by atoms with Crippen LogP contribution in [0.3, 0.4) is 0 Å². The van der Waals surface area contributed by atoms with E-state index in [1.165, 1.54) is 0 Å². The maximum absolute atomic E-state index is 5.72. The largest absolute Gasteiger partial charge is 0.368 e. The van der Waals surface area contributed by atoms with Gasteiger partial charge in [0.2, 0.25) is 11.9 Å². The molecule has 96 valence electrons.